The van der Waals surface area contributed by atoms with E-state index in [0.717, 1.165) is 27.8 Å². The van der Waals surface area contributed by atoms with Crippen molar-refractivity contribution in [3.63, 3.8) is 0 Å². The van der Waals surface area contributed by atoms with Gasteiger partial charge in [-0.15, -0.1) is 0 Å². The van der Waals surface area contributed by atoms with Crippen LogP contribution in [0.2, 0.25) is 26.2 Å². The first-order valence-corrected chi connectivity index (χ1v) is 24.8. The number of aromatic nitrogens is 3. The Bertz CT molecular complexity index is 2760. The molecule has 1 aromatic heterocycles. The molecule has 0 saturated heterocycles. The average Bonchev–Trinajstić information content (AvgIpc) is 3.61. The molecule has 2 aliphatic rings. The minimum atomic E-state index is -2.05. The van der Waals surface area contributed by atoms with Gasteiger partial charge in [-0.25, -0.2) is 15.0 Å². The van der Waals surface area contributed by atoms with Crippen molar-refractivity contribution in [2.45, 2.75) is 26.2 Å². The van der Waals surface area contributed by atoms with Crippen LogP contribution in [0, 0.1) is 0 Å². The maximum Gasteiger partial charge on any atom is 0.165 e. The molecule has 0 radical (unpaired) electrons. The zero-order chi connectivity index (χ0) is 36.6. The Balaban J connectivity index is 1.31. The highest BCUT2D eigenvalue weighted by Crippen LogP contribution is 2.44. The van der Waals surface area contributed by atoms with E-state index in [1.165, 1.54) is 54.1 Å². The Morgan fingerprint density at radius 2 is 0.704 bits per heavy atom. The van der Waals surface area contributed by atoms with E-state index in [1.807, 2.05) is 6.07 Å². The summed E-state index contributed by atoms with van der Waals surface area (Å²) in [6, 6.07) is 59.3. The number of hydrogen-bond acceptors (Lipinski definition) is 3. The smallest absolute Gasteiger partial charge is 0.165 e. The number of nitrogens with zero attached hydrogens (tertiary/aromatic N) is 3. The van der Waals surface area contributed by atoms with Gasteiger partial charge in [-0.2, -0.15) is 0 Å². The van der Waals surface area contributed by atoms with Crippen LogP contribution in [0.5, 0.6) is 0 Å². The summed E-state index contributed by atoms with van der Waals surface area (Å²) in [6.45, 7) is 9.90. The van der Waals surface area contributed by atoms with E-state index >= 15 is 0 Å². The second-order valence-corrected chi connectivity index (χ2v) is 24.2. The summed E-state index contributed by atoms with van der Waals surface area (Å²) < 4.78 is 0. The third kappa shape index (κ3) is 4.89. The van der Waals surface area contributed by atoms with E-state index in [4.69, 9.17) is 15.0 Å². The number of benzene rings is 7. The Hall–Kier alpha value is -6.02. The molecule has 0 N–H and O–H groups in total. The van der Waals surface area contributed by atoms with Gasteiger partial charge in [0.25, 0.3) is 0 Å². The van der Waals surface area contributed by atoms with Crippen molar-refractivity contribution >= 4 is 36.9 Å². The molecule has 5 heteroatoms. The molecule has 0 spiro atoms. The molecular weight excluding hydrogens is 687 g/mol. The number of hydrogen-bond donors (Lipinski definition) is 0. The van der Waals surface area contributed by atoms with Crippen LogP contribution in [0.4, 0.5) is 0 Å². The van der Waals surface area contributed by atoms with Gasteiger partial charge in [0.05, 0.1) is 0 Å². The Kier molecular flexibility index (Phi) is 7.41. The topological polar surface area (TPSA) is 38.7 Å². The van der Waals surface area contributed by atoms with E-state index in [-0.39, 0.29) is 0 Å². The minimum Gasteiger partial charge on any atom is -0.208 e. The summed E-state index contributed by atoms with van der Waals surface area (Å²) in [5.74, 6) is 2.09. The van der Waals surface area contributed by atoms with Crippen molar-refractivity contribution in [3.8, 4) is 78.7 Å². The lowest BCUT2D eigenvalue weighted by Gasteiger charge is -2.21. The van der Waals surface area contributed by atoms with Crippen LogP contribution < -0.4 is 20.7 Å². The highest BCUT2D eigenvalue weighted by atomic mass is 28.3. The molecule has 2 aliphatic heterocycles. The fourth-order valence-electron chi connectivity index (χ4n) is 9.08. The highest BCUT2D eigenvalue weighted by Gasteiger charge is 2.42. The van der Waals surface area contributed by atoms with Crippen LogP contribution in [0.15, 0.2) is 164 Å². The summed E-state index contributed by atoms with van der Waals surface area (Å²) >= 11 is 0. The highest BCUT2D eigenvalue weighted by molar-refractivity contribution is 7.04. The van der Waals surface area contributed by atoms with Gasteiger partial charge in [0, 0.05) is 16.7 Å². The first-order valence-electron chi connectivity index (χ1n) is 18.8. The molecule has 0 atom stereocenters. The fourth-order valence-corrected chi connectivity index (χ4v) is 15.2. The number of rotatable bonds is 5. The molecule has 0 aliphatic carbocycles. The molecule has 3 nitrogen and oxygen atoms in total. The predicted molar refractivity (Wildman–Crippen MR) is 231 cm³/mol. The lowest BCUT2D eigenvalue weighted by molar-refractivity contribution is 1.08. The molecule has 3 heterocycles. The van der Waals surface area contributed by atoms with Crippen molar-refractivity contribution in [1.82, 2.24) is 15.0 Å². The Labute approximate surface area is 319 Å². The molecule has 0 amide bonds. The first-order chi connectivity index (χ1) is 26.3. The molecule has 54 heavy (non-hydrogen) atoms. The van der Waals surface area contributed by atoms with E-state index in [1.54, 1.807) is 0 Å². The standard InChI is InChI=1S/C49H39N3Si2/c1-53(2)39-27-15-14-24-37(39)44-42(53)31-30-36(33-20-10-6-11-21-33)46(44)49-51-47(34-22-12-7-13-23-34)50-48(52-49)38-26-17-29-41-45(38)43-35(32-18-8-5-9-19-32)25-16-28-40(43)54(41,3)4/h5-31H,1-4H3. The zero-order valence-electron chi connectivity index (χ0n) is 30.9. The predicted octanol–water partition coefficient (Wildman–Crippen LogP) is 9.81. The van der Waals surface area contributed by atoms with Crippen molar-refractivity contribution in [1.29, 1.82) is 0 Å². The van der Waals surface area contributed by atoms with Gasteiger partial charge in [0.15, 0.2) is 17.5 Å². The fraction of sp³-hybridized carbons (Fsp3) is 0.0816. The van der Waals surface area contributed by atoms with E-state index in [2.05, 4.69) is 184 Å². The third-order valence-electron chi connectivity index (χ3n) is 11.8. The van der Waals surface area contributed by atoms with E-state index < -0.39 is 16.1 Å². The van der Waals surface area contributed by atoms with Gasteiger partial charge in [-0.3, -0.25) is 0 Å². The molecular formula is C49H39N3Si2. The summed E-state index contributed by atoms with van der Waals surface area (Å²) in [6.07, 6.45) is 0. The lowest BCUT2D eigenvalue weighted by atomic mass is 9.90. The molecule has 0 unspecified atom stereocenters. The quantitative estimate of drug-likeness (QED) is 0.166. The van der Waals surface area contributed by atoms with Crippen molar-refractivity contribution in [3.05, 3.63) is 164 Å². The molecule has 8 aromatic rings. The van der Waals surface area contributed by atoms with Crippen LogP contribution >= 0.6 is 0 Å². The molecule has 0 saturated carbocycles. The maximum absolute atomic E-state index is 5.59. The SMILES string of the molecule is C[Si]1(C)c2cccc(-c3ccccc3)c2-c2c(-c3nc(-c4ccccc4)nc(-c4c(-c5ccccc5)ccc5c4-c4ccccc4[Si]5(C)C)n3)cccc21. The van der Waals surface area contributed by atoms with Crippen LogP contribution in [0.1, 0.15) is 0 Å². The van der Waals surface area contributed by atoms with Crippen LogP contribution in [-0.4, -0.2) is 31.1 Å². The van der Waals surface area contributed by atoms with Crippen molar-refractivity contribution in [2.75, 3.05) is 0 Å². The maximum atomic E-state index is 5.59. The molecule has 0 bridgehead atoms. The summed E-state index contributed by atoms with van der Waals surface area (Å²) in [5, 5.41) is 5.77. The van der Waals surface area contributed by atoms with Gasteiger partial charge in [0.2, 0.25) is 0 Å². The van der Waals surface area contributed by atoms with Crippen LogP contribution in [0.25, 0.3) is 78.7 Å². The summed E-state index contributed by atoms with van der Waals surface area (Å²) in [4.78, 5) is 16.4. The average molecular weight is 726 g/mol. The first kappa shape index (κ1) is 32.6. The monoisotopic (exact) mass is 725 g/mol. The molecule has 7 aromatic carbocycles. The second kappa shape index (κ2) is 12.3. The third-order valence-corrected chi connectivity index (χ3v) is 18.8. The minimum absolute atomic E-state index is 0.679. The van der Waals surface area contributed by atoms with E-state index in [9.17, 15) is 0 Å². The van der Waals surface area contributed by atoms with Crippen molar-refractivity contribution < 1.29 is 0 Å². The van der Waals surface area contributed by atoms with Crippen molar-refractivity contribution in [2.24, 2.45) is 0 Å². The van der Waals surface area contributed by atoms with Crippen LogP contribution in [-0.2, 0) is 0 Å². The lowest BCUT2D eigenvalue weighted by Crippen LogP contribution is -2.49. The van der Waals surface area contributed by atoms with Crippen LogP contribution in [0.3, 0.4) is 0 Å². The Morgan fingerprint density at radius 1 is 0.278 bits per heavy atom. The largest absolute Gasteiger partial charge is 0.208 e. The summed E-state index contributed by atoms with van der Waals surface area (Å²) in [5.41, 5.74) is 13.0. The second-order valence-electron chi connectivity index (χ2n) is 15.6. The Morgan fingerprint density at radius 3 is 1.35 bits per heavy atom. The molecule has 0 fully saturated rings. The van der Waals surface area contributed by atoms with Gasteiger partial charge < -0.3 is 0 Å². The van der Waals surface area contributed by atoms with Gasteiger partial charge in [0.1, 0.15) is 16.1 Å². The molecule has 258 valence electrons. The van der Waals surface area contributed by atoms with Gasteiger partial charge in [-0.05, 0) is 65.3 Å². The molecule has 10 rings (SSSR count). The zero-order valence-corrected chi connectivity index (χ0v) is 32.9. The number of fused-ring (bicyclic) bond motifs is 6. The van der Waals surface area contributed by atoms with Gasteiger partial charge >= 0.3 is 0 Å². The normalized spacial score (nSPS) is 14.2. The van der Waals surface area contributed by atoms with Gasteiger partial charge in [-0.1, -0.05) is 190 Å². The summed E-state index contributed by atoms with van der Waals surface area (Å²) in [7, 11) is -4.05. The van der Waals surface area contributed by atoms with E-state index in [0.29, 0.717) is 17.5 Å².